The van der Waals surface area contributed by atoms with Crippen LogP contribution in [0.1, 0.15) is 22.7 Å². The Morgan fingerprint density at radius 1 is 1.80 bits per heavy atom. The number of hydrogen-bond acceptors (Lipinski definition) is 4. The number of aromatic nitrogens is 1. The predicted molar refractivity (Wildman–Crippen MR) is 57.9 cm³/mol. The highest BCUT2D eigenvalue weighted by molar-refractivity contribution is 7.11. The zero-order chi connectivity index (χ0) is 10.8. The summed E-state index contributed by atoms with van der Waals surface area (Å²) < 4.78 is 0. The first-order valence-electron chi connectivity index (χ1n) is 5.05. The summed E-state index contributed by atoms with van der Waals surface area (Å²) in [6.45, 7) is 3.57. The van der Waals surface area contributed by atoms with Crippen molar-refractivity contribution in [1.82, 2.24) is 9.88 Å². The maximum Gasteiger partial charge on any atom is 0.320 e. The second-order valence-electron chi connectivity index (χ2n) is 3.81. The molecule has 1 aliphatic rings. The lowest BCUT2D eigenvalue weighted by Crippen LogP contribution is -2.35. The van der Waals surface area contributed by atoms with E-state index in [9.17, 15) is 4.79 Å². The van der Waals surface area contributed by atoms with Crippen molar-refractivity contribution >= 4 is 17.3 Å². The van der Waals surface area contributed by atoms with Crippen molar-refractivity contribution < 1.29 is 9.90 Å². The Morgan fingerprint density at radius 3 is 3.20 bits per heavy atom. The van der Waals surface area contributed by atoms with Gasteiger partial charge in [-0.25, -0.2) is 4.98 Å². The molecule has 4 nitrogen and oxygen atoms in total. The van der Waals surface area contributed by atoms with Crippen LogP contribution in [0.4, 0.5) is 0 Å². The van der Waals surface area contributed by atoms with Crippen LogP contribution in [0.5, 0.6) is 0 Å². The molecule has 0 spiro atoms. The lowest BCUT2D eigenvalue weighted by Gasteiger charge is -2.19. The first kappa shape index (κ1) is 10.6. The molecule has 0 bridgehead atoms. The highest BCUT2D eigenvalue weighted by Crippen LogP contribution is 2.22. The first-order valence-corrected chi connectivity index (χ1v) is 5.86. The van der Waals surface area contributed by atoms with Gasteiger partial charge in [0.1, 0.15) is 6.04 Å². The highest BCUT2D eigenvalue weighted by atomic mass is 32.1. The third kappa shape index (κ3) is 2.35. The number of likely N-dealkylation sites (tertiary alicyclic amines) is 1. The summed E-state index contributed by atoms with van der Waals surface area (Å²) in [6, 6.07) is -0.299. The van der Waals surface area contributed by atoms with Gasteiger partial charge in [-0.2, -0.15) is 0 Å². The maximum atomic E-state index is 11.0. The number of thiazole rings is 1. The number of aliphatic carboxylic acids is 1. The van der Waals surface area contributed by atoms with E-state index in [2.05, 4.69) is 4.98 Å². The molecule has 0 saturated carbocycles. The molecular weight excluding hydrogens is 212 g/mol. The van der Waals surface area contributed by atoms with Crippen LogP contribution in [0, 0.1) is 6.92 Å². The fourth-order valence-corrected chi connectivity index (χ4v) is 2.79. The molecule has 0 amide bonds. The highest BCUT2D eigenvalue weighted by Gasteiger charge is 2.30. The molecule has 1 aromatic heterocycles. The van der Waals surface area contributed by atoms with Crippen molar-refractivity contribution in [2.45, 2.75) is 32.4 Å². The lowest BCUT2D eigenvalue weighted by atomic mass is 10.2. The molecule has 1 saturated heterocycles. The molecule has 82 valence electrons. The number of carboxylic acids is 1. The van der Waals surface area contributed by atoms with Crippen molar-refractivity contribution in [1.29, 1.82) is 0 Å². The number of carboxylic acid groups (broad SMARTS) is 1. The number of aryl methyl sites for hydroxylation is 1. The van der Waals surface area contributed by atoms with E-state index in [0.717, 1.165) is 35.8 Å². The molecule has 1 N–H and O–H groups in total. The molecule has 0 unspecified atom stereocenters. The summed E-state index contributed by atoms with van der Waals surface area (Å²) in [5.74, 6) is -0.700. The maximum absolute atomic E-state index is 11.0. The lowest BCUT2D eigenvalue weighted by molar-refractivity contribution is -0.142. The number of rotatable bonds is 3. The SMILES string of the molecule is Cc1ncc(CN2CCC[C@H]2C(=O)O)s1. The summed E-state index contributed by atoms with van der Waals surface area (Å²) in [7, 11) is 0. The zero-order valence-corrected chi connectivity index (χ0v) is 9.46. The number of nitrogens with zero attached hydrogens (tertiary/aromatic N) is 2. The zero-order valence-electron chi connectivity index (χ0n) is 8.64. The third-order valence-electron chi connectivity index (χ3n) is 2.68. The summed E-state index contributed by atoms with van der Waals surface area (Å²) in [6.07, 6.45) is 3.60. The fraction of sp³-hybridized carbons (Fsp3) is 0.600. The van der Waals surface area contributed by atoms with Gasteiger partial charge in [0.2, 0.25) is 0 Å². The van der Waals surface area contributed by atoms with Gasteiger partial charge in [-0.1, -0.05) is 0 Å². The van der Waals surface area contributed by atoms with E-state index in [1.54, 1.807) is 11.3 Å². The van der Waals surface area contributed by atoms with E-state index < -0.39 is 5.97 Å². The number of hydrogen-bond donors (Lipinski definition) is 1. The molecule has 1 aliphatic heterocycles. The average molecular weight is 226 g/mol. The van der Waals surface area contributed by atoms with Gasteiger partial charge < -0.3 is 5.11 Å². The number of carbonyl (C=O) groups is 1. The Morgan fingerprint density at radius 2 is 2.60 bits per heavy atom. The van der Waals surface area contributed by atoms with Gasteiger partial charge >= 0.3 is 5.97 Å². The normalized spacial score (nSPS) is 22.1. The van der Waals surface area contributed by atoms with Crippen molar-refractivity contribution in [2.75, 3.05) is 6.54 Å². The van der Waals surface area contributed by atoms with E-state index in [0.29, 0.717) is 0 Å². The van der Waals surface area contributed by atoms with Gasteiger partial charge in [0.05, 0.1) is 5.01 Å². The van der Waals surface area contributed by atoms with Gasteiger partial charge in [0, 0.05) is 17.6 Å². The van der Waals surface area contributed by atoms with Crippen LogP contribution in [0.2, 0.25) is 0 Å². The standard InChI is InChI=1S/C10H14N2O2S/c1-7-11-5-8(15-7)6-12-4-2-3-9(12)10(13)14/h5,9H,2-4,6H2,1H3,(H,13,14)/t9-/m0/s1. The van der Waals surface area contributed by atoms with E-state index in [1.165, 1.54) is 0 Å². The van der Waals surface area contributed by atoms with Crippen LogP contribution in [0.3, 0.4) is 0 Å². The van der Waals surface area contributed by atoms with Gasteiger partial charge in [-0.05, 0) is 26.3 Å². The summed E-state index contributed by atoms with van der Waals surface area (Å²) >= 11 is 1.64. The van der Waals surface area contributed by atoms with E-state index in [1.807, 2.05) is 18.0 Å². The van der Waals surface area contributed by atoms with E-state index in [4.69, 9.17) is 5.11 Å². The molecule has 15 heavy (non-hydrogen) atoms. The van der Waals surface area contributed by atoms with Gasteiger partial charge in [0.15, 0.2) is 0 Å². The Kier molecular flexibility index (Phi) is 3.02. The minimum atomic E-state index is -0.700. The van der Waals surface area contributed by atoms with Crippen molar-refractivity contribution in [3.05, 3.63) is 16.1 Å². The summed E-state index contributed by atoms with van der Waals surface area (Å²) in [4.78, 5) is 18.3. The van der Waals surface area contributed by atoms with Crippen LogP contribution in [0.25, 0.3) is 0 Å². The van der Waals surface area contributed by atoms with Gasteiger partial charge in [-0.15, -0.1) is 11.3 Å². The topological polar surface area (TPSA) is 53.4 Å². The molecule has 0 radical (unpaired) electrons. The van der Waals surface area contributed by atoms with Crippen LogP contribution in [-0.2, 0) is 11.3 Å². The fourth-order valence-electron chi connectivity index (χ4n) is 1.97. The molecule has 0 aromatic carbocycles. The minimum Gasteiger partial charge on any atom is -0.480 e. The Labute approximate surface area is 92.6 Å². The predicted octanol–water partition coefficient (Wildman–Crippen LogP) is 1.50. The summed E-state index contributed by atoms with van der Waals surface area (Å²) in [5, 5.41) is 10.1. The molecule has 1 atom stereocenters. The van der Waals surface area contributed by atoms with Crippen molar-refractivity contribution in [2.24, 2.45) is 0 Å². The second kappa shape index (κ2) is 4.28. The monoisotopic (exact) mass is 226 g/mol. The van der Waals surface area contributed by atoms with Crippen LogP contribution < -0.4 is 0 Å². The minimum absolute atomic E-state index is 0.299. The Bertz CT molecular complexity index is 364. The molecule has 1 fully saturated rings. The van der Waals surface area contributed by atoms with Crippen molar-refractivity contribution in [3.63, 3.8) is 0 Å². The third-order valence-corrected chi connectivity index (χ3v) is 3.57. The molecule has 1 aromatic rings. The molecule has 2 heterocycles. The van der Waals surface area contributed by atoms with Crippen LogP contribution >= 0.6 is 11.3 Å². The molecule has 5 heteroatoms. The molecule has 2 rings (SSSR count). The quantitative estimate of drug-likeness (QED) is 0.848. The second-order valence-corrected chi connectivity index (χ2v) is 5.13. The largest absolute Gasteiger partial charge is 0.480 e. The molecule has 0 aliphatic carbocycles. The Balaban J connectivity index is 2.02. The average Bonchev–Trinajstić information content (AvgIpc) is 2.75. The molecular formula is C10H14N2O2S. The van der Waals surface area contributed by atoms with Crippen LogP contribution in [0.15, 0.2) is 6.20 Å². The van der Waals surface area contributed by atoms with Crippen LogP contribution in [-0.4, -0.2) is 33.5 Å². The van der Waals surface area contributed by atoms with E-state index in [-0.39, 0.29) is 6.04 Å². The Hall–Kier alpha value is -0.940. The summed E-state index contributed by atoms with van der Waals surface area (Å²) in [5.41, 5.74) is 0. The van der Waals surface area contributed by atoms with Gasteiger partial charge in [-0.3, -0.25) is 9.69 Å². The smallest absolute Gasteiger partial charge is 0.320 e. The van der Waals surface area contributed by atoms with Gasteiger partial charge in [0.25, 0.3) is 0 Å². The van der Waals surface area contributed by atoms with Crippen molar-refractivity contribution in [3.8, 4) is 0 Å². The first-order chi connectivity index (χ1) is 7.16. The van der Waals surface area contributed by atoms with E-state index >= 15 is 0 Å².